The van der Waals surface area contributed by atoms with Crippen molar-refractivity contribution in [2.75, 3.05) is 0 Å². The molecule has 6 heteroatoms. The number of fused-ring (bicyclic) bond motifs is 12. The van der Waals surface area contributed by atoms with Crippen LogP contribution in [0.5, 0.6) is 0 Å². The van der Waals surface area contributed by atoms with Crippen LogP contribution in [0.25, 0.3) is 88.4 Å². The number of hydrogen-bond donors (Lipinski definition) is 2. The molecule has 0 amide bonds. The van der Waals surface area contributed by atoms with Gasteiger partial charge in [-0.2, -0.15) is 0 Å². The Labute approximate surface area is 403 Å². The molecular formula is C62H44BBrN2O2. The number of rotatable bonds is 4. The molecule has 0 atom stereocenters. The number of hydrogen-bond acceptors (Lipinski definition) is 2. The molecule has 14 rings (SSSR count). The highest BCUT2D eigenvalue weighted by Crippen LogP contribution is 2.41. The van der Waals surface area contributed by atoms with Crippen molar-refractivity contribution < 1.29 is 10.0 Å². The van der Waals surface area contributed by atoms with Crippen molar-refractivity contribution in [3.8, 4) is 44.8 Å². The van der Waals surface area contributed by atoms with Crippen molar-refractivity contribution in [1.82, 2.24) is 9.13 Å². The number of aromatic nitrogens is 2. The second-order valence-electron chi connectivity index (χ2n) is 17.6. The first-order valence-electron chi connectivity index (χ1n) is 23.1. The molecule has 0 unspecified atom stereocenters. The SMILES string of the molecule is Brc1ccc2c(c1)c1ccccc1n2-c1ccccc1.OB(O)c1ccc2c(c1)-c1ccccc1C2.c1ccc(-n2c3ccccc3c3cc(-c4ccc5c(c4)-c4ccccc4C5)ccc32)cc1. The highest BCUT2D eigenvalue weighted by Gasteiger charge is 2.22. The monoisotopic (exact) mass is 938 g/mol. The molecule has 0 saturated carbocycles. The van der Waals surface area contributed by atoms with E-state index in [1.165, 1.54) is 105 Å². The van der Waals surface area contributed by atoms with E-state index in [1.54, 1.807) is 6.07 Å². The third-order valence-corrected chi connectivity index (χ3v) is 14.1. The quantitative estimate of drug-likeness (QED) is 0.173. The van der Waals surface area contributed by atoms with Crippen LogP contribution < -0.4 is 5.46 Å². The van der Waals surface area contributed by atoms with Gasteiger partial charge in [-0.15, -0.1) is 0 Å². The molecule has 10 aromatic carbocycles. The summed E-state index contributed by atoms with van der Waals surface area (Å²) < 4.78 is 5.80. The minimum Gasteiger partial charge on any atom is -0.423 e. The van der Waals surface area contributed by atoms with Gasteiger partial charge in [0, 0.05) is 37.4 Å². The molecular weight excluding hydrogens is 895 g/mol. The van der Waals surface area contributed by atoms with Gasteiger partial charge in [-0.3, -0.25) is 0 Å². The average Bonchev–Trinajstić information content (AvgIpc) is 4.14. The van der Waals surface area contributed by atoms with Crippen LogP contribution in [-0.2, 0) is 12.8 Å². The molecule has 0 spiro atoms. The topological polar surface area (TPSA) is 50.3 Å². The largest absolute Gasteiger partial charge is 0.488 e. The van der Waals surface area contributed by atoms with Gasteiger partial charge in [0.2, 0.25) is 0 Å². The van der Waals surface area contributed by atoms with Crippen molar-refractivity contribution in [2.45, 2.75) is 12.8 Å². The minimum atomic E-state index is -1.39. The van der Waals surface area contributed by atoms with Crippen LogP contribution >= 0.6 is 15.9 Å². The molecule has 0 aliphatic heterocycles. The fraction of sp³-hybridized carbons (Fsp3) is 0.0323. The molecule has 0 fully saturated rings. The summed E-state index contributed by atoms with van der Waals surface area (Å²) in [6.45, 7) is 0. The van der Waals surface area contributed by atoms with E-state index in [2.05, 4.69) is 219 Å². The second kappa shape index (κ2) is 17.5. The molecule has 2 heterocycles. The van der Waals surface area contributed by atoms with E-state index in [9.17, 15) is 0 Å². The van der Waals surface area contributed by atoms with Crippen molar-refractivity contribution in [3.05, 3.63) is 257 Å². The van der Waals surface area contributed by atoms with Crippen LogP contribution in [-0.4, -0.2) is 26.3 Å². The first-order valence-corrected chi connectivity index (χ1v) is 23.9. The standard InChI is InChI=1S/C31H21N.C18H12BrN.C13H11BO2/c1-2-9-25(10-3-1)32-30-13-7-6-12-27(30)29-20-22(16-17-31(29)32)21-14-15-24-18-23-8-4-5-11-26(23)28(24)19-21;19-13-10-11-18-16(12-13)15-8-4-5-9-17(15)20(18)14-6-2-1-3-7-14;15-14(16)11-6-5-10-7-9-3-1-2-4-12(9)13(10)8-11/h1-17,19-20H,18H2;1-12H;1-6,8,15-16H,7H2. The second-order valence-corrected chi connectivity index (χ2v) is 18.5. The Morgan fingerprint density at radius 2 is 0.765 bits per heavy atom. The summed E-state index contributed by atoms with van der Waals surface area (Å²) >= 11 is 3.57. The maximum atomic E-state index is 9.16. The van der Waals surface area contributed by atoms with Crippen LogP contribution in [0.4, 0.5) is 0 Å². The van der Waals surface area contributed by atoms with Crippen molar-refractivity contribution >= 4 is 72.1 Å². The van der Waals surface area contributed by atoms with Crippen molar-refractivity contribution in [2.24, 2.45) is 0 Å². The van der Waals surface area contributed by atoms with Gasteiger partial charge in [-0.1, -0.05) is 174 Å². The molecule has 2 aliphatic rings. The fourth-order valence-electron chi connectivity index (χ4n) is 10.4. The van der Waals surface area contributed by atoms with E-state index in [1.807, 2.05) is 30.3 Å². The molecule has 12 aromatic rings. The maximum Gasteiger partial charge on any atom is 0.488 e. The molecule has 2 aromatic heterocycles. The Morgan fingerprint density at radius 1 is 0.338 bits per heavy atom. The average molecular weight is 940 g/mol. The van der Waals surface area contributed by atoms with Gasteiger partial charge < -0.3 is 19.2 Å². The van der Waals surface area contributed by atoms with Crippen molar-refractivity contribution in [3.63, 3.8) is 0 Å². The first-order chi connectivity index (χ1) is 33.5. The molecule has 0 bridgehead atoms. The summed E-state index contributed by atoms with van der Waals surface area (Å²) in [5.41, 5.74) is 21.0. The van der Waals surface area contributed by atoms with Gasteiger partial charge in [-0.25, -0.2) is 0 Å². The predicted molar refractivity (Wildman–Crippen MR) is 287 cm³/mol. The van der Waals surface area contributed by atoms with Crippen LogP contribution in [0, 0.1) is 0 Å². The lowest BCUT2D eigenvalue weighted by atomic mass is 9.79. The zero-order valence-corrected chi connectivity index (χ0v) is 38.7. The van der Waals surface area contributed by atoms with E-state index in [0.717, 1.165) is 22.9 Å². The lowest BCUT2D eigenvalue weighted by Gasteiger charge is -2.09. The van der Waals surface area contributed by atoms with E-state index in [-0.39, 0.29) is 0 Å². The van der Waals surface area contributed by atoms with Gasteiger partial charge in [0.15, 0.2) is 0 Å². The number of halogens is 1. The Hall–Kier alpha value is -7.74. The lowest BCUT2D eigenvalue weighted by Crippen LogP contribution is -2.29. The molecule has 324 valence electrons. The van der Waals surface area contributed by atoms with E-state index >= 15 is 0 Å². The molecule has 0 radical (unpaired) electrons. The van der Waals surface area contributed by atoms with Crippen LogP contribution in [0.3, 0.4) is 0 Å². The normalized spacial score (nSPS) is 11.9. The summed E-state index contributed by atoms with van der Waals surface area (Å²) in [7, 11) is -1.39. The third-order valence-electron chi connectivity index (χ3n) is 13.6. The first kappa shape index (κ1) is 41.7. The van der Waals surface area contributed by atoms with Gasteiger partial charge in [-0.05, 0) is 147 Å². The summed E-state index contributed by atoms with van der Waals surface area (Å²) in [5, 5.41) is 23.5. The zero-order chi connectivity index (χ0) is 45.7. The van der Waals surface area contributed by atoms with Crippen molar-refractivity contribution in [1.29, 1.82) is 0 Å². The number of para-hydroxylation sites is 4. The summed E-state index contributed by atoms with van der Waals surface area (Å²) in [6.07, 6.45) is 1.97. The number of benzene rings is 10. The lowest BCUT2D eigenvalue weighted by molar-refractivity contribution is 0.426. The van der Waals surface area contributed by atoms with Gasteiger partial charge in [0.1, 0.15) is 0 Å². The third kappa shape index (κ3) is 7.44. The van der Waals surface area contributed by atoms with Gasteiger partial charge in [0.25, 0.3) is 0 Å². The minimum absolute atomic E-state index is 0.551. The van der Waals surface area contributed by atoms with Crippen LogP contribution in [0.15, 0.2) is 235 Å². The fourth-order valence-corrected chi connectivity index (χ4v) is 10.8. The van der Waals surface area contributed by atoms with Crippen LogP contribution in [0.1, 0.15) is 22.3 Å². The van der Waals surface area contributed by atoms with Crippen LogP contribution in [0.2, 0.25) is 0 Å². The molecule has 68 heavy (non-hydrogen) atoms. The summed E-state index contributed by atoms with van der Waals surface area (Å²) in [4.78, 5) is 0. The summed E-state index contributed by atoms with van der Waals surface area (Å²) in [6, 6.07) is 81.4. The Morgan fingerprint density at radius 3 is 1.35 bits per heavy atom. The predicted octanol–water partition coefficient (Wildman–Crippen LogP) is 14.5. The van der Waals surface area contributed by atoms with Gasteiger partial charge in [0.05, 0.1) is 22.1 Å². The Bertz CT molecular complexity index is 3860. The molecule has 2 aliphatic carbocycles. The number of nitrogens with zero attached hydrogens (tertiary/aromatic N) is 2. The Balaban J connectivity index is 0.000000114. The maximum absolute atomic E-state index is 9.16. The Kier molecular flexibility index (Phi) is 10.7. The van der Waals surface area contributed by atoms with E-state index in [0.29, 0.717) is 5.46 Å². The van der Waals surface area contributed by atoms with E-state index in [4.69, 9.17) is 10.0 Å². The molecule has 2 N–H and O–H groups in total. The van der Waals surface area contributed by atoms with E-state index < -0.39 is 7.12 Å². The summed E-state index contributed by atoms with van der Waals surface area (Å²) in [5.74, 6) is 0. The highest BCUT2D eigenvalue weighted by molar-refractivity contribution is 9.10. The van der Waals surface area contributed by atoms with Gasteiger partial charge >= 0.3 is 7.12 Å². The molecule has 4 nitrogen and oxygen atoms in total. The zero-order valence-electron chi connectivity index (χ0n) is 37.1. The molecule has 0 saturated heterocycles. The highest BCUT2D eigenvalue weighted by atomic mass is 79.9. The smallest absolute Gasteiger partial charge is 0.423 e.